The second-order valence-electron chi connectivity index (χ2n) is 6.54. The Hall–Kier alpha value is -2.88. The van der Waals surface area contributed by atoms with Gasteiger partial charge >= 0.3 is 6.16 Å². The molecule has 0 fully saturated rings. The van der Waals surface area contributed by atoms with Crippen molar-refractivity contribution in [2.45, 2.75) is 32.8 Å². The minimum Gasteiger partial charge on any atom is -0.428 e. The third-order valence-electron chi connectivity index (χ3n) is 3.32. The van der Waals surface area contributed by atoms with Crippen LogP contribution in [-0.4, -0.2) is 17.5 Å². The lowest BCUT2D eigenvalue weighted by Gasteiger charge is -2.20. The normalized spacial score (nSPS) is 10.8. The highest BCUT2D eigenvalue weighted by Gasteiger charge is 2.23. The molecular formula is C21H22O4. The number of ether oxygens (including phenoxy) is 2. The topological polar surface area (TPSA) is 52.6 Å². The monoisotopic (exact) mass is 338 g/mol. The van der Waals surface area contributed by atoms with E-state index in [1.54, 1.807) is 63.2 Å². The van der Waals surface area contributed by atoms with Gasteiger partial charge in [0.25, 0.3) is 0 Å². The first-order chi connectivity index (χ1) is 11.8. The van der Waals surface area contributed by atoms with E-state index in [1.165, 1.54) is 0 Å². The zero-order valence-electron chi connectivity index (χ0n) is 14.7. The van der Waals surface area contributed by atoms with Gasteiger partial charge in [-0.1, -0.05) is 48.5 Å². The fourth-order valence-electron chi connectivity index (χ4n) is 2.34. The highest BCUT2D eigenvalue weighted by Crippen LogP contribution is 2.27. The van der Waals surface area contributed by atoms with Gasteiger partial charge in [-0.2, -0.15) is 0 Å². The first kappa shape index (κ1) is 18.5. The van der Waals surface area contributed by atoms with Crippen molar-refractivity contribution in [2.24, 2.45) is 0 Å². The molecule has 25 heavy (non-hydrogen) atoms. The van der Waals surface area contributed by atoms with Crippen LogP contribution in [-0.2, 0) is 11.2 Å². The fraction of sp³-hybridized carbons (Fsp3) is 0.238. The summed E-state index contributed by atoms with van der Waals surface area (Å²) in [6, 6.07) is 14.0. The Morgan fingerprint density at radius 1 is 1.04 bits per heavy atom. The van der Waals surface area contributed by atoms with Crippen molar-refractivity contribution in [3.05, 3.63) is 77.9 Å². The van der Waals surface area contributed by atoms with Crippen LogP contribution >= 0.6 is 0 Å². The average molecular weight is 338 g/mol. The molecule has 4 nitrogen and oxygen atoms in total. The molecule has 0 radical (unpaired) electrons. The smallest absolute Gasteiger partial charge is 0.428 e. The lowest BCUT2D eigenvalue weighted by Crippen LogP contribution is -2.26. The molecule has 0 N–H and O–H groups in total. The molecule has 4 heteroatoms. The largest absolute Gasteiger partial charge is 0.514 e. The Labute approximate surface area is 148 Å². The second kappa shape index (κ2) is 7.79. The maximum absolute atomic E-state index is 13.0. The van der Waals surface area contributed by atoms with E-state index in [0.717, 1.165) is 5.56 Å². The van der Waals surface area contributed by atoms with E-state index in [0.29, 0.717) is 17.5 Å². The molecule has 2 aromatic carbocycles. The summed E-state index contributed by atoms with van der Waals surface area (Å²) in [5, 5.41) is 0. The zero-order chi connectivity index (χ0) is 18.4. The third kappa shape index (κ3) is 5.05. The van der Waals surface area contributed by atoms with Gasteiger partial charge in [0, 0.05) is 5.56 Å². The van der Waals surface area contributed by atoms with Crippen molar-refractivity contribution >= 4 is 11.9 Å². The van der Waals surface area contributed by atoms with Gasteiger partial charge in [0.2, 0.25) is 0 Å². The van der Waals surface area contributed by atoms with Crippen molar-refractivity contribution in [3.63, 3.8) is 0 Å². The first-order valence-corrected chi connectivity index (χ1v) is 8.05. The number of hydrogen-bond acceptors (Lipinski definition) is 4. The Kier molecular flexibility index (Phi) is 5.75. The summed E-state index contributed by atoms with van der Waals surface area (Å²) in [6.07, 6.45) is 1.35. The minimum absolute atomic E-state index is 0.183. The van der Waals surface area contributed by atoms with Crippen LogP contribution in [0.2, 0.25) is 0 Å². The molecule has 2 aromatic rings. The molecule has 0 saturated heterocycles. The molecule has 0 heterocycles. The van der Waals surface area contributed by atoms with E-state index in [1.807, 2.05) is 12.1 Å². The van der Waals surface area contributed by atoms with E-state index < -0.39 is 11.8 Å². The quantitative estimate of drug-likeness (QED) is 0.335. The van der Waals surface area contributed by atoms with Crippen LogP contribution in [0.1, 0.15) is 42.3 Å². The van der Waals surface area contributed by atoms with Crippen molar-refractivity contribution < 1.29 is 19.1 Å². The lowest BCUT2D eigenvalue weighted by atomic mass is 9.95. The molecule has 0 saturated carbocycles. The molecule has 0 atom stereocenters. The van der Waals surface area contributed by atoms with Crippen LogP contribution < -0.4 is 4.74 Å². The average Bonchev–Trinajstić information content (AvgIpc) is 2.54. The van der Waals surface area contributed by atoms with Gasteiger partial charge in [-0.25, -0.2) is 4.79 Å². The van der Waals surface area contributed by atoms with Crippen LogP contribution in [0.15, 0.2) is 61.2 Å². The number of allylic oxidation sites excluding steroid dienone is 1. The molecule has 130 valence electrons. The van der Waals surface area contributed by atoms with Crippen LogP contribution in [0.5, 0.6) is 5.75 Å². The number of carbonyl (C=O) groups is 2. The Morgan fingerprint density at radius 2 is 1.72 bits per heavy atom. The molecule has 0 aliphatic carbocycles. The number of carbonyl (C=O) groups excluding carboxylic acids is 2. The summed E-state index contributed by atoms with van der Waals surface area (Å²) in [5.41, 5.74) is 0.928. The lowest BCUT2D eigenvalue weighted by molar-refractivity contribution is 0.0205. The molecule has 0 unspecified atom stereocenters. The maximum atomic E-state index is 13.0. The van der Waals surface area contributed by atoms with Crippen LogP contribution in [0.3, 0.4) is 0 Å². The Balaban J connectivity index is 2.43. The van der Waals surface area contributed by atoms with Gasteiger partial charge in [-0.15, -0.1) is 6.58 Å². The molecule has 0 bridgehead atoms. The Morgan fingerprint density at radius 3 is 2.32 bits per heavy atom. The minimum atomic E-state index is -0.842. The summed E-state index contributed by atoms with van der Waals surface area (Å²) in [4.78, 5) is 25.0. The molecule has 0 amide bonds. The molecule has 0 aliphatic rings. The standard InChI is InChI=1S/C21H22O4/c1-5-10-15-13-9-14-17(24-20(23)25-21(2,3)4)18(15)19(22)16-11-7-6-8-12-16/h5-9,11-14H,1,10H2,2-4H3. The number of hydrogen-bond donors (Lipinski definition) is 0. The third-order valence-corrected chi connectivity index (χ3v) is 3.32. The number of rotatable bonds is 5. The van der Waals surface area contributed by atoms with Crippen molar-refractivity contribution in [3.8, 4) is 5.75 Å². The van der Waals surface area contributed by atoms with Crippen molar-refractivity contribution in [2.75, 3.05) is 0 Å². The first-order valence-electron chi connectivity index (χ1n) is 8.05. The van der Waals surface area contributed by atoms with Gasteiger partial charge < -0.3 is 9.47 Å². The van der Waals surface area contributed by atoms with Crippen LogP contribution in [0.4, 0.5) is 4.79 Å². The van der Waals surface area contributed by atoms with Gasteiger partial charge in [0.15, 0.2) is 5.78 Å². The van der Waals surface area contributed by atoms with Crippen molar-refractivity contribution in [1.82, 2.24) is 0 Å². The van der Waals surface area contributed by atoms with E-state index in [2.05, 4.69) is 6.58 Å². The van der Waals surface area contributed by atoms with Gasteiger partial charge in [0.1, 0.15) is 11.4 Å². The Bertz CT molecular complexity index is 770. The fourth-order valence-corrected chi connectivity index (χ4v) is 2.34. The van der Waals surface area contributed by atoms with Crippen LogP contribution in [0.25, 0.3) is 0 Å². The maximum Gasteiger partial charge on any atom is 0.514 e. The molecule has 0 aliphatic heterocycles. The molecule has 0 spiro atoms. The van der Waals surface area contributed by atoms with E-state index in [9.17, 15) is 9.59 Å². The van der Waals surface area contributed by atoms with E-state index in [-0.39, 0.29) is 11.5 Å². The molecular weight excluding hydrogens is 316 g/mol. The van der Waals surface area contributed by atoms with Crippen LogP contribution in [0, 0.1) is 0 Å². The summed E-state index contributed by atoms with van der Waals surface area (Å²) in [5.74, 6) is -0.0286. The van der Waals surface area contributed by atoms with Crippen molar-refractivity contribution in [1.29, 1.82) is 0 Å². The number of benzene rings is 2. The van der Waals surface area contributed by atoms with Gasteiger partial charge in [0.05, 0.1) is 5.56 Å². The summed E-state index contributed by atoms with van der Waals surface area (Å²) in [6.45, 7) is 8.97. The number of ketones is 1. The second-order valence-corrected chi connectivity index (χ2v) is 6.54. The highest BCUT2D eigenvalue weighted by molar-refractivity contribution is 6.12. The zero-order valence-corrected chi connectivity index (χ0v) is 14.7. The molecule has 0 aromatic heterocycles. The predicted molar refractivity (Wildman–Crippen MR) is 97.1 cm³/mol. The highest BCUT2D eigenvalue weighted by atomic mass is 16.7. The van der Waals surface area contributed by atoms with E-state index in [4.69, 9.17) is 9.47 Å². The van der Waals surface area contributed by atoms with Gasteiger partial charge in [-0.05, 0) is 38.8 Å². The summed E-state index contributed by atoms with van der Waals surface area (Å²) in [7, 11) is 0. The van der Waals surface area contributed by atoms with Gasteiger partial charge in [-0.3, -0.25) is 4.79 Å². The molecule has 2 rings (SSSR count). The summed E-state index contributed by atoms with van der Waals surface area (Å²) < 4.78 is 10.5. The van der Waals surface area contributed by atoms with E-state index >= 15 is 0 Å². The predicted octanol–water partition coefficient (Wildman–Crippen LogP) is 4.96. The SMILES string of the molecule is C=CCc1cccc(OC(=O)OC(C)(C)C)c1C(=O)c1ccccc1. The summed E-state index contributed by atoms with van der Waals surface area (Å²) >= 11 is 0.